The van der Waals surface area contributed by atoms with Gasteiger partial charge in [0.05, 0.1) is 7.11 Å². The predicted molar refractivity (Wildman–Crippen MR) is 72.7 cm³/mol. The number of hydrogen-bond donors (Lipinski definition) is 1. The molecule has 0 bridgehead atoms. The molecule has 3 nitrogen and oxygen atoms in total. The lowest BCUT2D eigenvalue weighted by Gasteiger charge is -2.24. The number of methoxy groups -OCH3 is 1. The normalized spacial score (nSPS) is 20.2. The summed E-state index contributed by atoms with van der Waals surface area (Å²) in [5, 5.41) is 8.94. The summed E-state index contributed by atoms with van der Waals surface area (Å²) in [6, 6.07) is 8.94. The maximum absolute atomic E-state index is 8.94. The van der Waals surface area contributed by atoms with Crippen LogP contribution < -0.4 is 4.74 Å². The lowest BCUT2D eigenvalue weighted by atomic mass is 10.1. The SMILES string of the molecule is COc1cccc(CN2CCCC2CCCO)c1. The Morgan fingerprint density at radius 2 is 2.33 bits per heavy atom. The topological polar surface area (TPSA) is 32.7 Å². The first-order valence-electron chi connectivity index (χ1n) is 6.81. The summed E-state index contributed by atoms with van der Waals surface area (Å²) in [6.45, 7) is 2.48. The first-order valence-corrected chi connectivity index (χ1v) is 6.81. The van der Waals surface area contributed by atoms with Crippen LogP contribution in [0.3, 0.4) is 0 Å². The smallest absolute Gasteiger partial charge is 0.119 e. The summed E-state index contributed by atoms with van der Waals surface area (Å²) in [7, 11) is 1.71. The third kappa shape index (κ3) is 3.47. The van der Waals surface area contributed by atoms with Crippen LogP contribution in [0, 0.1) is 0 Å². The van der Waals surface area contributed by atoms with Crippen LogP contribution in [0.1, 0.15) is 31.2 Å². The van der Waals surface area contributed by atoms with Gasteiger partial charge in [0.2, 0.25) is 0 Å². The van der Waals surface area contributed by atoms with E-state index in [1.165, 1.54) is 24.9 Å². The van der Waals surface area contributed by atoms with Crippen LogP contribution in [0.5, 0.6) is 5.75 Å². The second-order valence-electron chi connectivity index (χ2n) is 4.98. The number of benzene rings is 1. The number of ether oxygens (including phenoxy) is 1. The van der Waals surface area contributed by atoms with Gasteiger partial charge in [-0.3, -0.25) is 4.90 Å². The third-order valence-corrected chi connectivity index (χ3v) is 3.71. The molecule has 1 aliphatic rings. The van der Waals surface area contributed by atoms with Gasteiger partial charge in [-0.15, -0.1) is 0 Å². The number of rotatable bonds is 6. The molecule has 1 aromatic carbocycles. The fourth-order valence-electron chi connectivity index (χ4n) is 2.76. The highest BCUT2D eigenvalue weighted by molar-refractivity contribution is 5.28. The highest BCUT2D eigenvalue weighted by Crippen LogP contribution is 2.24. The number of likely N-dealkylation sites (tertiary alicyclic amines) is 1. The van der Waals surface area contributed by atoms with Crippen LogP contribution >= 0.6 is 0 Å². The molecule has 1 aromatic rings. The molecule has 1 N–H and O–H groups in total. The van der Waals surface area contributed by atoms with Gasteiger partial charge in [0.25, 0.3) is 0 Å². The van der Waals surface area contributed by atoms with Gasteiger partial charge in [-0.05, 0) is 49.9 Å². The van der Waals surface area contributed by atoms with Gasteiger partial charge in [0.1, 0.15) is 5.75 Å². The van der Waals surface area contributed by atoms with E-state index in [0.29, 0.717) is 12.6 Å². The largest absolute Gasteiger partial charge is 0.497 e. The van der Waals surface area contributed by atoms with Gasteiger partial charge in [0.15, 0.2) is 0 Å². The molecule has 2 rings (SSSR count). The number of hydrogen-bond acceptors (Lipinski definition) is 3. The van der Waals surface area contributed by atoms with Gasteiger partial charge in [0, 0.05) is 19.2 Å². The number of nitrogens with zero attached hydrogens (tertiary/aromatic N) is 1. The van der Waals surface area contributed by atoms with E-state index in [1.807, 2.05) is 12.1 Å². The zero-order valence-electron chi connectivity index (χ0n) is 11.1. The molecule has 18 heavy (non-hydrogen) atoms. The van der Waals surface area contributed by atoms with E-state index in [4.69, 9.17) is 9.84 Å². The van der Waals surface area contributed by atoms with Gasteiger partial charge < -0.3 is 9.84 Å². The minimum atomic E-state index is 0.309. The maximum Gasteiger partial charge on any atom is 0.119 e. The summed E-state index contributed by atoms with van der Waals surface area (Å²) in [5.74, 6) is 0.929. The van der Waals surface area contributed by atoms with Gasteiger partial charge in [-0.1, -0.05) is 12.1 Å². The first-order chi connectivity index (χ1) is 8.83. The molecule has 0 aromatic heterocycles. The second-order valence-corrected chi connectivity index (χ2v) is 4.98. The van der Waals surface area contributed by atoms with E-state index < -0.39 is 0 Å². The van der Waals surface area contributed by atoms with E-state index in [9.17, 15) is 0 Å². The quantitative estimate of drug-likeness (QED) is 0.840. The van der Waals surface area contributed by atoms with E-state index in [2.05, 4.69) is 17.0 Å². The Kier molecular flexibility index (Phi) is 5.02. The molecule has 0 saturated carbocycles. The molecule has 0 amide bonds. The monoisotopic (exact) mass is 249 g/mol. The minimum Gasteiger partial charge on any atom is -0.497 e. The van der Waals surface area contributed by atoms with Crippen LogP contribution in [-0.2, 0) is 6.54 Å². The molecule has 1 saturated heterocycles. The first kappa shape index (κ1) is 13.4. The fraction of sp³-hybridized carbons (Fsp3) is 0.600. The van der Waals surface area contributed by atoms with E-state index in [0.717, 1.165) is 25.1 Å². The Hall–Kier alpha value is -1.06. The Bertz CT molecular complexity index is 367. The molecular formula is C15H23NO2. The number of aliphatic hydroxyl groups is 1. The van der Waals surface area contributed by atoms with Crippen molar-refractivity contribution in [2.24, 2.45) is 0 Å². The van der Waals surface area contributed by atoms with Crippen LogP contribution in [0.4, 0.5) is 0 Å². The zero-order chi connectivity index (χ0) is 12.8. The molecular weight excluding hydrogens is 226 g/mol. The highest BCUT2D eigenvalue weighted by Gasteiger charge is 2.23. The Morgan fingerprint density at radius 3 is 3.11 bits per heavy atom. The number of aliphatic hydroxyl groups excluding tert-OH is 1. The molecule has 1 heterocycles. The summed E-state index contributed by atoms with van der Waals surface area (Å²) in [4.78, 5) is 2.53. The predicted octanol–water partition coefficient (Wildman–Crippen LogP) is 2.43. The standard InChI is InChI=1S/C15H23NO2/c1-18-15-8-2-5-13(11-15)12-16-9-3-6-14(16)7-4-10-17/h2,5,8,11,14,17H,3-4,6-7,9-10,12H2,1H3. The van der Waals surface area contributed by atoms with Crippen molar-refractivity contribution in [3.63, 3.8) is 0 Å². The Morgan fingerprint density at radius 1 is 1.44 bits per heavy atom. The molecule has 100 valence electrons. The summed E-state index contributed by atoms with van der Waals surface area (Å²) in [5.41, 5.74) is 1.31. The highest BCUT2D eigenvalue weighted by atomic mass is 16.5. The molecule has 0 aliphatic carbocycles. The third-order valence-electron chi connectivity index (χ3n) is 3.71. The van der Waals surface area contributed by atoms with Crippen LogP contribution in [-0.4, -0.2) is 36.3 Å². The van der Waals surface area contributed by atoms with Gasteiger partial charge in [-0.25, -0.2) is 0 Å². The lowest BCUT2D eigenvalue weighted by molar-refractivity contribution is 0.210. The zero-order valence-corrected chi connectivity index (χ0v) is 11.1. The van der Waals surface area contributed by atoms with Crippen LogP contribution in [0.15, 0.2) is 24.3 Å². The minimum absolute atomic E-state index is 0.309. The molecule has 1 fully saturated rings. The van der Waals surface area contributed by atoms with Crippen molar-refractivity contribution in [1.82, 2.24) is 4.90 Å². The van der Waals surface area contributed by atoms with Crippen molar-refractivity contribution in [3.05, 3.63) is 29.8 Å². The lowest BCUT2D eigenvalue weighted by Crippen LogP contribution is -2.29. The molecule has 1 unspecified atom stereocenters. The van der Waals surface area contributed by atoms with Crippen molar-refractivity contribution < 1.29 is 9.84 Å². The molecule has 3 heteroatoms. The van der Waals surface area contributed by atoms with E-state index in [-0.39, 0.29) is 0 Å². The molecule has 1 aliphatic heterocycles. The van der Waals surface area contributed by atoms with Crippen molar-refractivity contribution in [1.29, 1.82) is 0 Å². The van der Waals surface area contributed by atoms with E-state index >= 15 is 0 Å². The summed E-state index contributed by atoms with van der Waals surface area (Å²) in [6.07, 6.45) is 4.57. The van der Waals surface area contributed by atoms with Crippen molar-refractivity contribution >= 4 is 0 Å². The summed E-state index contributed by atoms with van der Waals surface area (Å²) >= 11 is 0. The van der Waals surface area contributed by atoms with Crippen LogP contribution in [0.25, 0.3) is 0 Å². The second kappa shape index (κ2) is 6.76. The van der Waals surface area contributed by atoms with Gasteiger partial charge >= 0.3 is 0 Å². The van der Waals surface area contributed by atoms with Crippen molar-refractivity contribution in [2.75, 3.05) is 20.3 Å². The average Bonchev–Trinajstić information content (AvgIpc) is 2.84. The van der Waals surface area contributed by atoms with Crippen molar-refractivity contribution in [2.45, 2.75) is 38.3 Å². The molecule has 0 spiro atoms. The average molecular weight is 249 g/mol. The van der Waals surface area contributed by atoms with Gasteiger partial charge in [-0.2, -0.15) is 0 Å². The van der Waals surface area contributed by atoms with Crippen molar-refractivity contribution in [3.8, 4) is 5.75 Å². The van der Waals surface area contributed by atoms with Crippen LogP contribution in [0.2, 0.25) is 0 Å². The summed E-state index contributed by atoms with van der Waals surface area (Å²) < 4.78 is 5.26. The maximum atomic E-state index is 8.94. The Labute approximate surface area is 109 Å². The molecule has 1 atom stereocenters. The molecule has 0 radical (unpaired) electrons. The van der Waals surface area contributed by atoms with E-state index in [1.54, 1.807) is 7.11 Å². The Balaban J connectivity index is 1.94. The fourth-order valence-corrected chi connectivity index (χ4v) is 2.76.